The summed E-state index contributed by atoms with van der Waals surface area (Å²) in [5.74, 6) is 3.48. The third-order valence-corrected chi connectivity index (χ3v) is 8.79. The van der Waals surface area contributed by atoms with Gasteiger partial charge in [0.25, 0.3) is 0 Å². The minimum absolute atomic E-state index is 0.523. The maximum atomic E-state index is 4.73. The highest BCUT2D eigenvalue weighted by atomic mass is 32.1. The monoisotopic (exact) mass is 400 g/mol. The van der Waals surface area contributed by atoms with E-state index in [-0.39, 0.29) is 0 Å². The minimum Gasteiger partial charge on any atom is -0.176 e. The van der Waals surface area contributed by atoms with Gasteiger partial charge in [0.2, 0.25) is 0 Å². The molecule has 0 aliphatic heterocycles. The lowest BCUT2D eigenvalue weighted by Gasteiger charge is -2.44. The van der Waals surface area contributed by atoms with Gasteiger partial charge in [-0.15, -0.1) is 0 Å². The third-order valence-electron chi connectivity index (χ3n) is 8.35. The van der Waals surface area contributed by atoms with Crippen LogP contribution in [0.5, 0.6) is 0 Å². The molecular weight excluding hydrogens is 356 g/mol. The lowest BCUT2D eigenvalue weighted by molar-refractivity contribution is 0.0929. The van der Waals surface area contributed by atoms with Crippen LogP contribution in [-0.4, -0.2) is 5.25 Å². The van der Waals surface area contributed by atoms with E-state index < -0.39 is 0 Å². The first kappa shape index (κ1) is 22.3. The zero-order chi connectivity index (χ0) is 20.3. The summed E-state index contributed by atoms with van der Waals surface area (Å²) in [6.45, 7) is 14.2. The average molecular weight is 401 g/mol. The number of thiol groups is 1. The van der Waals surface area contributed by atoms with E-state index in [2.05, 4.69) is 46.4 Å². The van der Waals surface area contributed by atoms with Gasteiger partial charge in [0.1, 0.15) is 0 Å². The fraction of sp³-hybridized carbons (Fsp3) is 0.778. The van der Waals surface area contributed by atoms with Crippen LogP contribution in [0.3, 0.4) is 0 Å². The van der Waals surface area contributed by atoms with Gasteiger partial charge in [-0.3, -0.25) is 0 Å². The predicted octanol–water partition coefficient (Wildman–Crippen LogP) is 8.56. The number of hydrogen-bond donors (Lipinski definition) is 1. The van der Waals surface area contributed by atoms with Gasteiger partial charge in [0, 0.05) is 5.25 Å². The summed E-state index contributed by atoms with van der Waals surface area (Å²) < 4.78 is 0. The van der Waals surface area contributed by atoms with Crippen LogP contribution in [0.4, 0.5) is 0 Å². The van der Waals surface area contributed by atoms with Crippen molar-refractivity contribution in [3.05, 3.63) is 35.5 Å². The Labute approximate surface area is 180 Å². The molecule has 3 saturated carbocycles. The van der Waals surface area contributed by atoms with Crippen LogP contribution in [0.2, 0.25) is 0 Å². The SMILES string of the molecule is C=C1CC[C@H](S)C/C1=C/C=C1\CCC[C@]2(C)[C@@H]([C@H](C)CCCC(C)C)CC[C@@H]12. The molecule has 0 bridgehead atoms. The molecule has 0 N–H and O–H groups in total. The molecule has 0 spiro atoms. The van der Waals surface area contributed by atoms with Crippen LogP contribution in [0.1, 0.15) is 98.3 Å². The molecule has 0 aromatic carbocycles. The molecule has 0 aromatic rings. The van der Waals surface area contributed by atoms with E-state index in [0.717, 1.165) is 36.5 Å². The van der Waals surface area contributed by atoms with Crippen LogP contribution in [0, 0.1) is 29.1 Å². The Hall–Kier alpha value is -0.430. The number of allylic oxidation sites excluding steroid dienone is 5. The highest BCUT2D eigenvalue weighted by Gasteiger charge is 2.50. The van der Waals surface area contributed by atoms with Crippen molar-refractivity contribution in [2.75, 3.05) is 0 Å². The second-order valence-electron chi connectivity index (χ2n) is 10.8. The highest BCUT2D eigenvalue weighted by molar-refractivity contribution is 7.80. The summed E-state index contributed by atoms with van der Waals surface area (Å²) >= 11 is 4.73. The van der Waals surface area contributed by atoms with E-state index >= 15 is 0 Å². The van der Waals surface area contributed by atoms with Gasteiger partial charge >= 0.3 is 0 Å². The molecule has 0 amide bonds. The Morgan fingerprint density at radius 3 is 2.64 bits per heavy atom. The summed E-state index contributed by atoms with van der Waals surface area (Å²) in [5, 5.41) is 0.523. The fourth-order valence-electron chi connectivity index (χ4n) is 6.66. The largest absolute Gasteiger partial charge is 0.176 e. The Morgan fingerprint density at radius 1 is 1.11 bits per heavy atom. The van der Waals surface area contributed by atoms with Crippen molar-refractivity contribution in [3.8, 4) is 0 Å². The first-order chi connectivity index (χ1) is 13.3. The third kappa shape index (κ3) is 5.00. The zero-order valence-corrected chi connectivity index (χ0v) is 19.9. The van der Waals surface area contributed by atoms with E-state index in [1.807, 2.05) is 0 Å². The molecule has 0 heterocycles. The van der Waals surface area contributed by atoms with E-state index in [4.69, 9.17) is 12.6 Å². The summed E-state index contributed by atoms with van der Waals surface area (Å²) in [6, 6.07) is 0. The maximum absolute atomic E-state index is 4.73. The van der Waals surface area contributed by atoms with Gasteiger partial charge in [-0.2, -0.15) is 12.6 Å². The summed E-state index contributed by atoms with van der Waals surface area (Å²) in [6.07, 6.45) is 19.6. The Bertz CT molecular complexity index is 610. The van der Waals surface area contributed by atoms with Gasteiger partial charge in [-0.25, -0.2) is 0 Å². The second kappa shape index (κ2) is 9.59. The van der Waals surface area contributed by atoms with Gasteiger partial charge in [0.15, 0.2) is 0 Å². The van der Waals surface area contributed by atoms with Gasteiger partial charge in [-0.05, 0) is 86.0 Å². The van der Waals surface area contributed by atoms with Gasteiger partial charge in [0.05, 0.1) is 0 Å². The van der Waals surface area contributed by atoms with Crippen molar-refractivity contribution in [2.45, 2.75) is 104 Å². The van der Waals surface area contributed by atoms with E-state index in [9.17, 15) is 0 Å². The lowest BCUT2D eigenvalue weighted by Crippen LogP contribution is -2.36. The molecule has 3 rings (SSSR count). The molecule has 3 aliphatic carbocycles. The van der Waals surface area contributed by atoms with Crippen molar-refractivity contribution in [2.24, 2.45) is 29.1 Å². The molecule has 3 fully saturated rings. The topological polar surface area (TPSA) is 0 Å². The smallest absolute Gasteiger partial charge is 0.00604 e. The quantitative estimate of drug-likeness (QED) is 0.424. The first-order valence-corrected chi connectivity index (χ1v) is 12.6. The molecule has 1 heteroatoms. The standard InChI is InChI=1S/C27H44S/c1-19(2)8-6-9-21(4)25-15-16-26-22(10-7-17-27(25,26)5)12-13-23-18-24(28)14-11-20(23)3/h12-13,19,21,24-26,28H,3,6-11,14-18H2,1-2,4-5H3/b22-12+,23-13-/t21-,24+,25-,26+,27-/m1/s1. The van der Waals surface area contributed by atoms with Crippen LogP contribution in [0.15, 0.2) is 35.5 Å². The number of hydrogen-bond acceptors (Lipinski definition) is 1. The lowest BCUT2D eigenvalue weighted by atomic mass is 9.60. The normalized spacial score (nSPS) is 37.6. The van der Waals surface area contributed by atoms with Gasteiger partial charge in [-0.1, -0.05) is 76.8 Å². The molecule has 28 heavy (non-hydrogen) atoms. The van der Waals surface area contributed by atoms with Gasteiger partial charge < -0.3 is 0 Å². The molecule has 0 saturated heterocycles. The zero-order valence-electron chi connectivity index (χ0n) is 19.0. The van der Waals surface area contributed by atoms with E-state index in [1.54, 1.807) is 5.57 Å². The maximum Gasteiger partial charge on any atom is 0.00604 e. The average Bonchev–Trinajstić information content (AvgIpc) is 2.99. The Kier molecular flexibility index (Phi) is 7.62. The minimum atomic E-state index is 0.523. The Balaban J connectivity index is 1.70. The number of rotatable bonds is 6. The van der Waals surface area contributed by atoms with Crippen molar-refractivity contribution in [1.82, 2.24) is 0 Å². The summed E-state index contributed by atoms with van der Waals surface area (Å²) in [7, 11) is 0. The predicted molar refractivity (Wildman–Crippen MR) is 128 cm³/mol. The van der Waals surface area contributed by atoms with Crippen molar-refractivity contribution >= 4 is 12.6 Å². The molecular formula is C27H44S. The van der Waals surface area contributed by atoms with Crippen molar-refractivity contribution in [1.29, 1.82) is 0 Å². The van der Waals surface area contributed by atoms with Crippen molar-refractivity contribution in [3.63, 3.8) is 0 Å². The van der Waals surface area contributed by atoms with Crippen LogP contribution in [-0.2, 0) is 0 Å². The molecule has 0 aromatic heterocycles. The highest BCUT2D eigenvalue weighted by Crippen LogP contribution is 2.59. The van der Waals surface area contributed by atoms with E-state index in [1.165, 1.54) is 68.9 Å². The second-order valence-corrected chi connectivity index (χ2v) is 11.6. The first-order valence-electron chi connectivity index (χ1n) is 12.1. The molecule has 0 unspecified atom stereocenters. The Morgan fingerprint density at radius 2 is 1.89 bits per heavy atom. The molecule has 5 atom stereocenters. The van der Waals surface area contributed by atoms with E-state index in [0.29, 0.717) is 10.7 Å². The molecule has 0 nitrogen and oxygen atoms in total. The van der Waals surface area contributed by atoms with Crippen molar-refractivity contribution < 1.29 is 0 Å². The molecule has 0 radical (unpaired) electrons. The van der Waals surface area contributed by atoms with Crippen LogP contribution >= 0.6 is 12.6 Å². The number of fused-ring (bicyclic) bond motifs is 1. The molecule has 3 aliphatic rings. The molecule has 158 valence electrons. The summed E-state index contributed by atoms with van der Waals surface area (Å²) in [5.41, 5.74) is 5.09. The van der Waals surface area contributed by atoms with Crippen LogP contribution < -0.4 is 0 Å². The van der Waals surface area contributed by atoms with Crippen LogP contribution in [0.25, 0.3) is 0 Å². The fourth-order valence-corrected chi connectivity index (χ4v) is 6.98. The summed E-state index contributed by atoms with van der Waals surface area (Å²) in [4.78, 5) is 0.